The molecule has 0 spiro atoms. The summed E-state index contributed by atoms with van der Waals surface area (Å²) in [7, 11) is 0. The number of nitrogens with zero attached hydrogens (tertiary/aromatic N) is 2. The molecule has 17 heavy (non-hydrogen) atoms. The molecule has 94 valence electrons. The molecule has 1 aromatic rings. The van der Waals surface area contributed by atoms with Gasteiger partial charge in [-0.05, 0) is 57.5 Å². The van der Waals surface area contributed by atoms with Crippen molar-refractivity contribution in [2.24, 2.45) is 0 Å². The third-order valence-electron chi connectivity index (χ3n) is 3.91. The van der Waals surface area contributed by atoms with Gasteiger partial charge in [-0.15, -0.1) is 0 Å². The van der Waals surface area contributed by atoms with Crippen molar-refractivity contribution in [1.82, 2.24) is 9.88 Å². The summed E-state index contributed by atoms with van der Waals surface area (Å²) in [6.45, 7) is 6.51. The topological polar surface area (TPSA) is 36.4 Å². The third-order valence-corrected chi connectivity index (χ3v) is 3.91. The molecular formula is C14H22N2O. The van der Waals surface area contributed by atoms with Crippen molar-refractivity contribution in [3.63, 3.8) is 0 Å². The summed E-state index contributed by atoms with van der Waals surface area (Å²) in [6.07, 6.45) is 6.45. The molecule has 0 bridgehead atoms. The minimum atomic E-state index is -0.331. The lowest BCUT2D eigenvalue weighted by atomic mass is 9.90. The minimum Gasteiger partial charge on any atom is -0.391 e. The second kappa shape index (κ2) is 5.15. The highest BCUT2D eigenvalue weighted by atomic mass is 16.3. The first kappa shape index (κ1) is 12.5. The zero-order valence-electron chi connectivity index (χ0n) is 10.8. The van der Waals surface area contributed by atoms with Gasteiger partial charge < -0.3 is 5.11 Å². The fraction of sp³-hybridized carbons (Fsp3) is 0.643. The van der Waals surface area contributed by atoms with Gasteiger partial charge in [-0.25, -0.2) is 0 Å². The molecular weight excluding hydrogens is 212 g/mol. The molecule has 2 rings (SSSR count). The SMILES string of the molecule is CC(C)(C(O)Cc1ccncc1)N1CCCC1. The van der Waals surface area contributed by atoms with Crippen LogP contribution in [0.25, 0.3) is 0 Å². The van der Waals surface area contributed by atoms with Crippen LogP contribution in [0.2, 0.25) is 0 Å². The molecule has 1 unspecified atom stereocenters. The van der Waals surface area contributed by atoms with Gasteiger partial charge in [0.05, 0.1) is 6.10 Å². The fourth-order valence-electron chi connectivity index (χ4n) is 2.50. The van der Waals surface area contributed by atoms with Crippen molar-refractivity contribution in [1.29, 1.82) is 0 Å². The van der Waals surface area contributed by atoms with Gasteiger partial charge in [0.15, 0.2) is 0 Å². The van der Waals surface area contributed by atoms with Gasteiger partial charge in [0, 0.05) is 24.4 Å². The summed E-state index contributed by atoms with van der Waals surface area (Å²) >= 11 is 0. The Morgan fingerprint density at radius 3 is 2.47 bits per heavy atom. The van der Waals surface area contributed by atoms with E-state index in [1.165, 1.54) is 12.8 Å². The van der Waals surface area contributed by atoms with Gasteiger partial charge >= 0.3 is 0 Å². The first-order valence-corrected chi connectivity index (χ1v) is 6.43. The van der Waals surface area contributed by atoms with Crippen LogP contribution in [0.5, 0.6) is 0 Å². The molecule has 1 aromatic heterocycles. The molecule has 0 aliphatic carbocycles. The Morgan fingerprint density at radius 1 is 1.29 bits per heavy atom. The normalized spacial score (nSPS) is 19.5. The van der Waals surface area contributed by atoms with Gasteiger partial charge in [0.1, 0.15) is 0 Å². The van der Waals surface area contributed by atoms with Crippen LogP contribution in [0.3, 0.4) is 0 Å². The van der Waals surface area contributed by atoms with Crippen LogP contribution in [0.4, 0.5) is 0 Å². The number of aliphatic hydroxyl groups is 1. The monoisotopic (exact) mass is 234 g/mol. The zero-order chi connectivity index (χ0) is 12.3. The molecule has 1 atom stereocenters. The Balaban J connectivity index is 2.01. The molecule has 1 aliphatic heterocycles. The maximum atomic E-state index is 10.4. The Hall–Kier alpha value is -0.930. The quantitative estimate of drug-likeness (QED) is 0.864. The van der Waals surface area contributed by atoms with Crippen LogP contribution in [0.1, 0.15) is 32.3 Å². The maximum absolute atomic E-state index is 10.4. The van der Waals surface area contributed by atoms with E-state index in [9.17, 15) is 5.11 Å². The van der Waals surface area contributed by atoms with Crippen molar-refractivity contribution in [3.05, 3.63) is 30.1 Å². The van der Waals surface area contributed by atoms with Crippen molar-refractivity contribution in [2.45, 2.75) is 44.8 Å². The van der Waals surface area contributed by atoms with Crippen LogP contribution < -0.4 is 0 Å². The second-order valence-electron chi connectivity index (χ2n) is 5.42. The third kappa shape index (κ3) is 2.85. The van der Waals surface area contributed by atoms with Crippen molar-refractivity contribution in [2.75, 3.05) is 13.1 Å². The van der Waals surface area contributed by atoms with E-state index in [-0.39, 0.29) is 11.6 Å². The molecule has 1 aliphatic rings. The first-order valence-electron chi connectivity index (χ1n) is 6.43. The number of aromatic nitrogens is 1. The largest absolute Gasteiger partial charge is 0.391 e. The van der Waals surface area contributed by atoms with E-state index in [2.05, 4.69) is 23.7 Å². The van der Waals surface area contributed by atoms with Crippen molar-refractivity contribution < 1.29 is 5.11 Å². The standard InChI is InChI=1S/C14H22N2O/c1-14(2,16-9-3-4-10-16)13(17)11-12-5-7-15-8-6-12/h5-8,13,17H,3-4,9-11H2,1-2H3. The summed E-state index contributed by atoms with van der Waals surface area (Å²) in [5.41, 5.74) is 1.01. The van der Waals surface area contributed by atoms with Gasteiger partial charge in [0.25, 0.3) is 0 Å². The van der Waals surface area contributed by atoms with E-state index >= 15 is 0 Å². The molecule has 1 fully saturated rings. The number of rotatable bonds is 4. The molecule has 2 heterocycles. The van der Waals surface area contributed by atoms with E-state index in [4.69, 9.17) is 0 Å². The van der Waals surface area contributed by atoms with Crippen LogP contribution in [0.15, 0.2) is 24.5 Å². The zero-order valence-corrected chi connectivity index (χ0v) is 10.8. The average Bonchev–Trinajstić information content (AvgIpc) is 2.84. The Bertz CT molecular complexity index is 344. The van der Waals surface area contributed by atoms with Gasteiger partial charge in [-0.1, -0.05) is 0 Å². The Morgan fingerprint density at radius 2 is 1.88 bits per heavy atom. The number of hydrogen-bond donors (Lipinski definition) is 1. The summed E-state index contributed by atoms with van der Waals surface area (Å²) in [4.78, 5) is 6.40. The summed E-state index contributed by atoms with van der Waals surface area (Å²) in [5, 5.41) is 10.4. The molecule has 1 N–H and O–H groups in total. The number of aliphatic hydroxyl groups excluding tert-OH is 1. The van der Waals surface area contributed by atoms with E-state index in [0.717, 1.165) is 18.7 Å². The van der Waals surface area contributed by atoms with Crippen LogP contribution in [-0.2, 0) is 6.42 Å². The number of hydrogen-bond acceptors (Lipinski definition) is 3. The van der Waals surface area contributed by atoms with Crippen LogP contribution >= 0.6 is 0 Å². The van der Waals surface area contributed by atoms with E-state index in [1.807, 2.05) is 12.1 Å². The lowest BCUT2D eigenvalue weighted by Gasteiger charge is -2.39. The van der Waals surface area contributed by atoms with Crippen LogP contribution in [0, 0.1) is 0 Å². The summed E-state index contributed by atoms with van der Waals surface area (Å²) < 4.78 is 0. The highest BCUT2D eigenvalue weighted by Gasteiger charge is 2.35. The Labute approximate surface area is 103 Å². The molecule has 3 heteroatoms. The van der Waals surface area contributed by atoms with Crippen LogP contribution in [-0.4, -0.2) is 39.7 Å². The first-order chi connectivity index (χ1) is 8.10. The van der Waals surface area contributed by atoms with Gasteiger partial charge in [-0.2, -0.15) is 0 Å². The Kier molecular flexibility index (Phi) is 3.79. The number of likely N-dealkylation sites (tertiary alicyclic amines) is 1. The lowest BCUT2D eigenvalue weighted by molar-refractivity contribution is 0.00336. The predicted octanol–water partition coefficient (Wildman–Crippen LogP) is 1.86. The van der Waals surface area contributed by atoms with Crippen molar-refractivity contribution >= 4 is 0 Å². The van der Waals surface area contributed by atoms with Crippen molar-refractivity contribution in [3.8, 4) is 0 Å². The summed E-state index contributed by atoms with van der Waals surface area (Å²) in [5.74, 6) is 0. The highest BCUT2D eigenvalue weighted by molar-refractivity contribution is 5.12. The average molecular weight is 234 g/mol. The lowest BCUT2D eigenvalue weighted by Crippen LogP contribution is -2.51. The molecule has 0 saturated carbocycles. The van der Waals surface area contributed by atoms with Gasteiger partial charge in [-0.3, -0.25) is 9.88 Å². The summed E-state index contributed by atoms with van der Waals surface area (Å²) in [6, 6.07) is 3.95. The highest BCUT2D eigenvalue weighted by Crippen LogP contribution is 2.26. The smallest absolute Gasteiger partial charge is 0.0758 e. The van der Waals surface area contributed by atoms with E-state index in [1.54, 1.807) is 12.4 Å². The molecule has 0 amide bonds. The second-order valence-corrected chi connectivity index (χ2v) is 5.42. The number of pyridine rings is 1. The van der Waals surface area contributed by atoms with E-state index in [0.29, 0.717) is 6.42 Å². The molecule has 3 nitrogen and oxygen atoms in total. The predicted molar refractivity (Wildman–Crippen MR) is 68.8 cm³/mol. The fourth-order valence-corrected chi connectivity index (χ4v) is 2.50. The molecule has 1 saturated heterocycles. The van der Waals surface area contributed by atoms with E-state index < -0.39 is 0 Å². The molecule has 0 aromatic carbocycles. The minimum absolute atomic E-state index is 0.139. The van der Waals surface area contributed by atoms with Gasteiger partial charge in [0.2, 0.25) is 0 Å². The maximum Gasteiger partial charge on any atom is 0.0758 e. The molecule has 0 radical (unpaired) electrons.